The molecule has 1 amide bonds. The molecule has 0 heterocycles. The molecular weight excluding hydrogens is 298 g/mol. The van der Waals surface area contributed by atoms with Crippen LogP contribution in [0.25, 0.3) is 0 Å². The fourth-order valence-corrected chi connectivity index (χ4v) is 3.96. The van der Waals surface area contributed by atoms with Crippen LogP contribution in [0.5, 0.6) is 0 Å². The number of carbonyl (C=O) groups excluding carboxylic acids is 3. The van der Waals surface area contributed by atoms with Crippen molar-refractivity contribution in [1.29, 1.82) is 0 Å². The Bertz CT molecular complexity index is 450. The molecule has 0 aromatic rings. The van der Waals surface area contributed by atoms with Gasteiger partial charge >= 0.3 is 11.9 Å². The second-order valence-corrected chi connectivity index (χ2v) is 6.66. The highest BCUT2D eigenvalue weighted by Gasteiger charge is 2.42. The van der Waals surface area contributed by atoms with Gasteiger partial charge in [-0.25, -0.2) is 0 Å². The Hall–Kier alpha value is -1.59. The van der Waals surface area contributed by atoms with Gasteiger partial charge in [-0.1, -0.05) is 6.42 Å². The Kier molecular flexibility index (Phi) is 6.42. The van der Waals surface area contributed by atoms with Crippen LogP contribution in [0.2, 0.25) is 0 Å². The summed E-state index contributed by atoms with van der Waals surface area (Å²) >= 11 is 0. The smallest absolute Gasteiger partial charge is 0.306 e. The largest absolute Gasteiger partial charge is 0.466 e. The Morgan fingerprint density at radius 2 is 1.78 bits per heavy atom. The number of hydrogen-bond acceptors (Lipinski definition) is 5. The molecule has 0 radical (unpaired) electrons. The number of fused-ring (bicyclic) bond motifs is 2. The first kappa shape index (κ1) is 17.8. The van der Waals surface area contributed by atoms with Crippen molar-refractivity contribution in [3.63, 3.8) is 0 Å². The molecule has 4 atom stereocenters. The molecule has 2 bridgehead atoms. The Balaban J connectivity index is 1.61. The summed E-state index contributed by atoms with van der Waals surface area (Å²) in [5.74, 6) is 0.869. The maximum Gasteiger partial charge on any atom is 0.306 e. The van der Waals surface area contributed by atoms with Gasteiger partial charge < -0.3 is 14.8 Å². The number of ether oxygens (including phenoxy) is 2. The minimum absolute atomic E-state index is 0.0180. The van der Waals surface area contributed by atoms with Crippen molar-refractivity contribution < 1.29 is 23.9 Å². The second-order valence-electron chi connectivity index (χ2n) is 6.66. The highest BCUT2D eigenvalue weighted by atomic mass is 16.5. The molecule has 2 fully saturated rings. The van der Waals surface area contributed by atoms with E-state index in [0.29, 0.717) is 5.92 Å². The van der Waals surface area contributed by atoms with Crippen LogP contribution in [0.3, 0.4) is 0 Å². The summed E-state index contributed by atoms with van der Waals surface area (Å²) in [5.41, 5.74) is 0. The van der Waals surface area contributed by atoms with Gasteiger partial charge in [-0.2, -0.15) is 0 Å². The van der Waals surface area contributed by atoms with Gasteiger partial charge in [-0.3, -0.25) is 14.4 Å². The van der Waals surface area contributed by atoms with E-state index < -0.39 is 11.9 Å². The van der Waals surface area contributed by atoms with E-state index in [2.05, 4.69) is 5.32 Å². The van der Waals surface area contributed by atoms with Crippen LogP contribution in [-0.2, 0) is 23.9 Å². The minimum atomic E-state index is -0.555. The summed E-state index contributed by atoms with van der Waals surface area (Å²) in [4.78, 5) is 34.5. The summed E-state index contributed by atoms with van der Waals surface area (Å²) < 4.78 is 9.62. The molecule has 23 heavy (non-hydrogen) atoms. The van der Waals surface area contributed by atoms with Crippen LogP contribution < -0.4 is 5.32 Å². The molecule has 0 saturated heterocycles. The number of rotatable bonds is 8. The molecule has 0 unspecified atom stereocenters. The molecule has 0 aromatic carbocycles. The number of hydrogen-bond donors (Lipinski definition) is 1. The molecule has 2 aliphatic rings. The van der Waals surface area contributed by atoms with Gasteiger partial charge in [0.25, 0.3) is 5.91 Å². The van der Waals surface area contributed by atoms with Gasteiger partial charge in [0, 0.05) is 6.04 Å². The number of nitrogens with one attached hydrogen (secondary N) is 1. The minimum Gasteiger partial charge on any atom is -0.466 e. The first-order valence-corrected chi connectivity index (χ1v) is 8.60. The van der Waals surface area contributed by atoms with Crippen LogP contribution in [-0.4, -0.2) is 37.1 Å². The fraction of sp³-hybridized carbons (Fsp3) is 0.824. The van der Waals surface area contributed by atoms with Crippen molar-refractivity contribution in [1.82, 2.24) is 5.32 Å². The zero-order valence-corrected chi connectivity index (χ0v) is 14.0. The van der Waals surface area contributed by atoms with Crippen LogP contribution >= 0.6 is 0 Å². The van der Waals surface area contributed by atoms with Gasteiger partial charge in [0.2, 0.25) is 0 Å². The lowest BCUT2D eigenvalue weighted by molar-refractivity contribution is -0.152. The molecule has 2 aliphatic carbocycles. The van der Waals surface area contributed by atoms with Crippen LogP contribution in [0, 0.1) is 17.8 Å². The molecule has 6 heteroatoms. The predicted molar refractivity (Wildman–Crippen MR) is 83.4 cm³/mol. The van der Waals surface area contributed by atoms with Gasteiger partial charge in [-0.05, 0) is 50.9 Å². The third-order valence-corrected chi connectivity index (χ3v) is 5.03. The molecular formula is C17H27NO5. The summed E-state index contributed by atoms with van der Waals surface area (Å²) in [6.07, 6.45) is 5.03. The average Bonchev–Trinajstić information content (AvgIpc) is 3.14. The molecule has 1 N–H and O–H groups in total. The van der Waals surface area contributed by atoms with Crippen molar-refractivity contribution >= 4 is 17.8 Å². The second kappa shape index (κ2) is 8.31. The maximum absolute atomic E-state index is 11.9. The lowest BCUT2D eigenvalue weighted by atomic mass is 9.84. The van der Waals surface area contributed by atoms with Gasteiger partial charge in [-0.15, -0.1) is 0 Å². The summed E-state index contributed by atoms with van der Waals surface area (Å²) in [6.45, 7) is 3.74. The van der Waals surface area contributed by atoms with Crippen LogP contribution in [0.1, 0.15) is 52.4 Å². The highest BCUT2D eigenvalue weighted by molar-refractivity contribution is 5.82. The zero-order valence-electron chi connectivity index (χ0n) is 14.0. The van der Waals surface area contributed by atoms with E-state index in [1.54, 1.807) is 6.92 Å². The third-order valence-electron chi connectivity index (χ3n) is 5.03. The van der Waals surface area contributed by atoms with Crippen molar-refractivity contribution in [2.45, 2.75) is 58.4 Å². The van der Waals surface area contributed by atoms with Gasteiger partial charge in [0.05, 0.1) is 19.4 Å². The SMILES string of the molecule is CCOC(=O)CCC(=O)OCC(=O)N[C@@H](C)[C@@H]1C[C@@H]2CC[C@@H]1C2. The van der Waals surface area contributed by atoms with Crippen molar-refractivity contribution in [2.75, 3.05) is 13.2 Å². The number of amides is 1. The van der Waals surface area contributed by atoms with Crippen LogP contribution in [0.4, 0.5) is 0 Å². The maximum atomic E-state index is 11.9. The standard InChI is InChI=1S/C17H27NO5/c1-3-22-16(20)6-7-17(21)23-10-15(19)18-11(2)14-9-12-4-5-13(14)8-12/h11-14H,3-10H2,1-2H3,(H,18,19)/t11-,12+,13+,14-/m0/s1. The van der Waals surface area contributed by atoms with E-state index in [0.717, 1.165) is 11.8 Å². The highest BCUT2D eigenvalue weighted by Crippen LogP contribution is 2.49. The Morgan fingerprint density at radius 3 is 2.35 bits per heavy atom. The molecule has 0 aromatic heterocycles. The van der Waals surface area contributed by atoms with E-state index in [4.69, 9.17) is 9.47 Å². The fourth-order valence-electron chi connectivity index (χ4n) is 3.96. The number of esters is 2. The molecule has 6 nitrogen and oxygen atoms in total. The van der Waals surface area contributed by atoms with Crippen molar-refractivity contribution in [3.05, 3.63) is 0 Å². The van der Waals surface area contributed by atoms with E-state index in [1.165, 1.54) is 25.7 Å². The first-order valence-electron chi connectivity index (χ1n) is 8.60. The van der Waals surface area contributed by atoms with Gasteiger partial charge in [0.1, 0.15) is 0 Å². The lowest BCUT2D eigenvalue weighted by Gasteiger charge is -2.28. The zero-order chi connectivity index (χ0) is 16.8. The average molecular weight is 325 g/mol. The molecule has 0 spiro atoms. The molecule has 130 valence electrons. The summed E-state index contributed by atoms with van der Waals surface area (Å²) in [6, 6.07) is 0.121. The third kappa shape index (κ3) is 5.22. The summed E-state index contributed by atoms with van der Waals surface area (Å²) in [5, 5.41) is 2.94. The van der Waals surface area contributed by atoms with E-state index in [9.17, 15) is 14.4 Å². The number of carbonyl (C=O) groups is 3. The van der Waals surface area contributed by atoms with Gasteiger partial charge in [0.15, 0.2) is 6.61 Å². The molecule has 2 rings (SSSR count). The van der Waals surface area contributed by atoms with Crippen LogP contribution in [0.15, 0.2) is 0 Å². The van der Waals surface area contributed by atoms with Crippen molar-refractivity contribution in [2.24, 2.45) is 17.8 Å². The lowest BCUT2D eigenvalue weighted by Crippen LogP contribution is -2.42. The predicted octanol–water partition coefficient (Wildman–Crippen LogP) is 1.81. The molecule has 0 aliphatic heterocycles. The van der Waals surface area contributed by atoms with E-state index in [1.807, 2.05) is 6.92 Å². The molecule has 2 saturated carbocycles. The van der Waals surface area contributed by atoms with E-state index in [-0.39, 0.29) is 38.0 Å². The Labute approximate surface area is 137 Å². The first-order chi connectivity index (χ1) is 11.0. The topological polar surface area (TPSA) is 81.7 Å². The Morgan fingerprint density at radius 1 is 1.09 bits per heavy atom. The van der Waals surface area contributed by atoms with E-state index >= 15 is 0 Å². The normalized spacial score (nSPS) is 26.6. The quantitative estimate of drug-likeness (QED) is 0.688. The van der Waals surface area contributed by atoms with Crippen molar-refractivity contribution in [3.8, 4) is 0 Å². The monoisotopic (exact) mass is 325 g/mol. The summed E-state index contributed by atoms with van der Waals surface area (Å²) in [7, 11) is 0.